The van der Waals surface area contributed by atoms with Gasteiger partial charge in [-0.25, -0.2) is 4.79 Å². The molecule has 0 aliphatic heterocycles. The summed E-state index contributed by atoms with van der Waals surface area (Å²) in [6, 6.07) is 9.57. The van der Waals surface area contributed by atoms with Crippen molar-refractivity contribution < 1.29 is 14.3 Å². The van der Waals surface area contributed by atoms with Gasteiger partial charge in [0.1, 0.15) is 4.88 Å². The topological polar surface area (TPSA) is 55.4 Å². The fraction of sp³-hybridized carbons (Fsp3) is 0.368. The maximum Gasteiger partial charge on any atom is 0.348 e. The summed E-state index contributed by atoms with van der Waals surface area (Å²) >= 11 is 1.50. The molecule has 2 aromatic rings. The third-order valence-electron chi connectivity index (χ3n) is 4.18. The lowest BCUT2D eigenvalue weighted by Crippen LogP contribution is -2.20. The van der Waals surface area contributed by atoms with Gasteiger partial charge in [0.2, 0.25) is 0 Å². The summed E-state index contributed by atoms with van der Waals surface area (Å²) < 4.78 is 5.14. The van der Waals surface area contributed by atoms with E-state index in [0.717, 1.165) is 19.3 Å². The van der Waals surface area contributed by atoms with E-state index in [-0.39, 0.29) is 12.5 Å². The number of amides is 1. The lowest BCUT2D eigenvalue weighted by atomic mass is 9.99. The van der Waals surface area contributed by atoms with Crippen molar-refractivity contribution in [2.75, 3.05) is 11.9 Å². The molecule has 1 aliphatic carbocycles. The second kappa shape index (κ2) is 7.62. The molecule has 1 aliphatic rings. The third-order valence-corrected chi connectivity index (χ3v) is 5.40. The van der Waals surface area contributed by atoms with E-state index in [0.29, 0.717) is 10.6 Å². The molecule has 0 saturated heterocycles. The fourth-order valence-electron chi connectivity index (χ4n) is 2.81. The Morgan fingerprint density at radius 1 is 1.17 bits per heavy atom. The van der Waals surface area contributed by atoms with Crippen LogP contribution in [0.2, 0.25) is 0 Å². The number of hydrogen-bond donors (Lipinski definition) is 1. The first-order chi connectivity index (χ1) is 11.7. The molecule has 1 N–H and O–H groups in total. The van der Waals surface area contributed by atoms with Gasteiger partial charge in [0.15, 0.2) is 6.61 Å². The maximum absolute atomic E-state index is 12.1. The number of nitrogens with one attached hydrogen (secondary N) is 1. The van der Waals surface area contributed by atoms with Crippen LogP contribution in [0.15, 0.2) is 30.3 Å². The van der Waals surface area contributed by atoms with Crippen LogP contribution < -0.4 is 5.32 Å². The molecule has 1 amide bonds. The normalized spacial score (nSPS) is 13.2. The minimum atomic E-state index is -0.411. The Morgan fingerprint density at radius 3 is 2.62 bits per heavy atom. The van der Waals surface area contributed by atoms with Crippen molar-refractivity contribution in [3.8, 4) is 0 Å². The predicted octanol–water partition coefficient (Wildman–Crippen LogP) is 3.98. The van der Waals surface area contributed by atoms with E-state index in [1.54, 1.807) is 0 Å². The Balaban J connectivity index is 1.51. The maximum atomic E-state index is 12.1. The molecule has 126 valence electrons. The molecule has 0 radical (unpaired) electrons. The number of ether oxygens (including phenoxy) is 1. The lowest BCUT2D eigenvalue weighted by Gasteiger charge is -2.08. The molecule has 4 nitrogen and oxygen atoms in total. The van der Waals surface area contributed by atoms with Crippen LogP contribution in [0.1, 0.15) is 45.4 Å². The highest BCUT2D eigenvalue weighted by Gasteiger charge is 2.18. The minimum Gasteiger partial charge on any atom is -0.451 e. The molecule has 24 heavy (non-hydrogen) atoms. The molecule has 0 bridgehead atoms. The number of rotatable bonds is 5. The highest BCUT2D eigenvalue weighted by atomic mass is 32.1. The van der Waals surface area contributed by atoms with Gasteiger partial charge in [-0.1, -0.05) is 19.1 Å². The number of thiophene rings is 1. The van der Waals surface area contributed by atoms with Crippen molar-refractivity contribution >= 4 is 28.9 Å². The SMILES string of the molecule is CCc1ccc(NC(=O)COC(=O)c2cc3c(s2)CCCC3)cc1. The van der Waals surface area contributed by atoms with Crippen LogP contribution in [-0.2, 0) is 28.8 Å². The van der Waals surface area contributed by atoms with E-state index in [1.807, 2.05) is 30.3 Å². The van der Waals surface area contributed by atoms with Crippen molar-refractivity contribution in [2.24, 2.45) is 0 Å². The first-order valence-electron chi connectivity index (χ1n) is 8.33. The molecular formula is C19H21NO3S. The molecule has 5 heteroatoms. The average Bonchev–Trinajstić information content (AvgIpc) is 3.04. The molecule has 3 rings (SSSR count). The number of anilines is 1. The van der Waals surface area contributed by atoms with E-state index >= 15 is 0 Å². The van der Waals surface area contributed by atoms with E-state index in [4.69, 9.17) is 4.74 Å². The third kappa shape index (κ3) is 4.03. The van der Waals surface area contributed by atoms with Gasteiger partial charge in [-0.3, -0.25) is 4.79 Å². The smallest absolute Gasteiger partial charge is 0.348 e. The largest absolute Gasteiger partial charge is 0.451 e. The Morgan fingerprint density at radius 2 is 1.92 bits per heavy atom. The summed E-state index contributed by atoms with van der Waals surface area (Å²) in [5, 5.41) is 2.74. The van der Waals surface area contributed by atoms with Gasteiger partial charge in [-0.15, -0.1) is 11.3 Å². The Bertz CT molecular complexity index is 710. The summed E-state index contributed by atoms with van der Waals surface area (Å²) in [4.78, 5) is 25.9. The van der Waals surface area contributed by atoms with Crippen molar-refractivity contribution in [3.05, 3.63) is 51.2 Å². The number of hydrogen-bond acceptors (Lipinski definition) is 4. The number of esters is 1. The standard InChI is InChI=1S/C19H21NO3S/c1-2-13-7-9-15(10-8-13)20-18(21)12-23-19(22)17-11-14-5-3-4-6-16(14)24-17/h7-11H,2-6,12H2,1H3,(H,20,21). The summed E-state index contributed by atoms with van der Waals surface area (Å²) in [6.45, 7) is 1.81. The zero-order chi connectivity index (χ0) is 16.9. The second-order valence-electron chi connectivity index (χ2n) is 5.94. The summed E-state index contributed by atoms with van der Waals surface area (Å²) in [6.07, 6.45) is 5.39. The average molecular weight is 343 g/mol. The van der Waals surface area contributed by atoms with Crippen molar-refractivity contribution in [2.45, 2.75) is 39.0 Å². The molecule has 1 aromatic carbocycles. The zero-order valence-corrected chi connectivity index (χ0v) is 14.6. The molecule has 0 unspecified atom stereocenters. The van der Waals surface area contributed by atoms with Gasteiger partial charge in [-0.2, -0.15) is 0 Å². The van der Waals surface area contributed by atoms with Crippen LogP contribution in [0.3, 0.4) is 0 Å². The number of fused-ring (bicyclic) bond motifs is 1. The van der Waals surface area contributed by atoms with E-state index < -0.39 is 5.97 Å². The first-order valence-corrected chi connectivity index (χ1v) is 9.15. The quantitative estimate of drug-likeness (QED) is 0.835. The molecule has 1 heterocycles. The summed E-state index contributed by atoms with van der Waals surface area (Å²) in [5.41, 5.74) is 3.18. The van der Waals surface area contributed by atoms with Crippen LogP contribution in [0.4, 0.5) is 5.69 Å². The number of carbonyl (C=O) groups excluding carboxylic acids is 2. The minimum absolute atomic E-state index is 0.267. The van der Waals surface area contributed by atoms with Crippen LogP contribution >= 0.6 is 11.3 Å². The number of carbonyl (C=O) groups is 2. The highest BCUT2D eigenvalue weighted by Crippen LogP contribution is 2.30. The molecular weight excluding hydrogens is 322 g/mol. The predicted molar refractivity (Wildman–Crippen MR) is 95.7 cm³/mol. The Hall–Kier alpha value is -2.14. The fourth-order valence-corrected chi connectivity index (χ4v) is 3.96. The first kappa shape index (κ1) is 16.7. The van der Waals surface area contributed by atoms with Crippen LogP contribution in [0.25, 0.3) is 0 Å². The van der Waals surface area contributed by atoms with Gasteiger partial charge in [-0.05, 0) is 61.4 Å². The van der Waals surface area contributed by atoms with Crippen molar-refractivity contribution in [1.29, 1.82) is 0 Å². The van der Waals surface area contributed by atoms with E-state index in [1.165, 1.54) is 40.2 Å². The molecule has 1 aromatic heterocycles. The van der Waals surface area contributed by atoms with Crippen LogP contribution in [-0.4, -0.2) is 18.5 Å². The van der Waals surface area contributed by atoms with Gasteiger partial charge < -0.3 is 10.1 Å². The van der Waals surface area contributed by atoms with Crippen LogP contribution in [0, 0.1) is 0 Å². The molecule has 0 spiro atoms. The monoisotopic (exact) mass is 343 g/mol. The van der Waals surface area contributed by atoms with E-state index in [9.17, 15) is 9.59 Å². The zero-order valence-electron chi connectivity index (χ0n) is 13.8. The highest BCUT2D eigenvalue weighted by molar-refractivity contribution is 7.14. The van der Waals surface area contributed by atoms with Crippen molar-refractivity contribution in [1.82, 2.24) is 0 Å². The van der Waals surface area contributed by atoms with Gasteiger partial charge in [0, 0.05) is 10.6 Å². The Labute approximate surface area is 145 Å². The summed E-state index contributed by atoms with van der Waals surface area (Å²) in [7, 11) is 0. The van der Waals surface area contributed by atoms with E-state index in [2.05, 4.69) is 12.2 Å². The molecule has 0 atom stereocenters. The van der Waals surface area contributed by atoms with Gasteiger partial charge >= 0.3 is 5.97 Å². The number of aryl methyl sites for hydroxylation is 3. The van der Waals surface area contributed by atoms with Gasteiger partial charge in [0.25, 0.3) is 5.91 Å². The van der Waals surface area contributed by atoms with Crippen molar-refractivity contribution in [3.63, 3.8) is 0 Å². The summed E-state index contributed by atoms with van der Waals surface area (Å²) in [5.74, 6) is -0.736. The second-order valence-corrected chi connectivity index (χ2v) is 7.08. The Kier molecular flexibility index (Phi) is 5.30. The molecule has 0 fully saturated rings. The van der Waals surface area contributed by atoms with Crippen LogP contribution in [0.5, 0.6) is 0 Å². The number of benzene rings is 1. The molecule has 0 saturated carbocycles. The van der Waals surface area contributed by atoms with Gasteiger partial charge in [0.05, 0.1) is 0 Å². The lowest BCUT2D eigenvalue weighted by molar-refractivity contribution is -0.119.